The van der Waals surface area contributed by atoms with Crippen LogP contribution in [-0.2, 0) is 12.8 Å². The van der Waals surface area contributed by atoms with Crippen molar-refractivity contribution in [2.24, 2.45) is 5.92 Å². The molecule has 110 valence electrons. The monoisotopic (exact) mass is 288 g/mol. The van der Waals surface area contributed by atoms with Crippen molar-refractivity contribution in [3.8, 4) is 0 Å². The summed E-state index contributed by atoms with van der Waals surface area (Å²) in [5, 5.41) is 6.56. The Balaban J connectivity index is 1.83. The predicted octanol–water partition coefficient (Wildman–Crippen LogP) is 3.50. The molecule has 5 heteroatoms. The molecule has 1 aromatic carbocycles. The van der Waals surface area contributed by atoms with Gasteiger partial charge < -0.3 is 9.84 Å². The van der Waals surface area contributed by atoms with Gasteiger partial charge in [0.1, 0.15) is 11.6 Å². The molecule has 1 aliphatic carbocycles. The van der Waals surface area contributed by atoms with Gasteiger partial charge in [-0.2, -0.15) is 0 Å². The molecule has 0 saturated heterocycles. The van der Waals surface area contributed by atoms with E-state index in [0.29, 0.717) is 22.9 Å². The van der Waals surface area contributed by atoms with E-state index in [1.807, 2.05) is 0 Å². The van der Waals surface area contributed by atoms with Gasteiger partial charge in [-0.1, -0.05) is 18.1 Å². The molecule has 0 bridgehead atoms. The smallest absolute Gasteiger partial charge is 0.278 e. The number of anilines is 1. The maximum absolute atomic E-state index is 13.5. The third-order valence-electron chi connectivity index (χ3n) is 3.93. The van der Waals surface area contributed by atoms with Gasteiger partial charge in [0.15, 0.2) is 5.69 Å². The molecule has 4 nitrogen and oxygen atoms in total. The molecule has 1 amide bonds. The zero-order chi connectivity index (χ0) is 15.0. The van der Waals surface area contributed by atoms with Crippen molar-refractivity contribution in [3.63, 3.8) is 0 Å². The van der Waals surface area contributed by atoms with E-state index in [0.717, 1.165) is 30.6 Å². The minimum Gasteiger partial charge on any atom is -0.360 e. The standard InChI is InChI=1S/C16H17FN2O2/c1-9-3-6-14-12(7-9)15(19-21-14)16(20)18-11-5-4-10(2)13(17)8-11/h4-5,8-9H,3,6-7H2,1-2H3,(H,18,20)/t9-/m1/s1. The maximum atomic E-state index is 13.5. The molecule has 0 aliphatic heterocycles. The maximum Gasteiger partial charge on any atom is 0.278 e. The predicted molar refractivity (Wildman–Crippen MR) is 76.8 cm³/mol. The molecule has 1 aromatic heterocycles. The van der Waals surface area contributed by atoms with Crippen LogP contribution >= 0.6 is 0 Å². The number of nitrogens with one attached hydrogen (secondary N) is 1. The first-order chi connectivity index (χ1) is 10.0. The summed E-state index contributed by atoms with van der Waals surface area (Å²) in [6.07, 6.45) is 2.66. The first-order valence-corrected chi connectivity index (χ1v) is 7.09. The fourth-order valence-corrected chi connectivity index (χ4v) is 2.62. The number of aromatic nitrogens is 1. The van der Waals surface area contributed by atoms with Crippen molar-refractivity contribution in [1.29, 1.82) is 0 Å². The van der Waals surface area contributed by atoms with Crippen molar-refractivity contribution in [2.75, 3.05) is 5.32 Å². The zero-order valence-electron chi connectivity index (χ0n) is 12.1. The Labute approximate surface area is 122 Å². The molecular weight excluding hydrogens is 271 g/mol. The lowest BCUT2D eigenvalue weighted by atomic mass is 9.88. The van der Waals surface area contributed by atoms with Gasteiger partial charge in [0.2, 0.25) is 0 Å². The summed E-state index contributed by atoms with van der Waals surface area (Å²) in [7, 11) is 0. The first-order valence-electron chi connectivity index (χ1n) is 7.09. The van der Waals surface area contributed by atoms with Gasteiger partial charge in [-0.25, -0.2) is 4.39 Å². The summed E-state index contributed by atoms with van der Waals surface area (Å²) in [5.41, 5.74) is 2.17. The Kier molecular flexibility index (Phi) is 3.49. The van der Waals surface area contributed by atoms with Crippen LogP contribution in [0.15, 0.2) is 22.7 Å². The largest absolute Gasteiger partial charge is 0.360 e. The number of aryl methyl sites for hydroxylation is 2. The minimum absolute atomic E-state index is 0.317. The van der Waals surface area contributed by atoms with Crippen LogP contribution in [0.4, 0.5) is 10.1 Å². The second-order valence-electron chi connectivity index (χ2n) is 5.70. The van der Waals surface area contributed by atoms with E-state index >= 15 is 0 Å². The van der Waals surface area contributed by atoms with Gasteiger partial charge in [0.05, 0.1) is 0 Å². The lowest BCUT2D eigenvalue weighted by molar-refractivity contribution is 0.101. The number of amides is 1. The highest BCUT2D eigenvalue weighted by Crippen LogP contribution is 2.28. The molecule has 0 unspecified atom stereocenters. The van der Waals surface area contributed by atoms with Gasteiger partial charge in [0.25, 0.3) is 5.91 Å². The van der Waals surface area contributed by atoms with Crippen LogP contribution in [0.1, 0.15) is 40.7 Å². The Hall–Kier alpha value is -2.17. The number of carbonyl (C=O) groups is 1. The summed E-state index contributed by atoms with van der Waals surface area (Å²) >= 11 is 0. The molecule has 1 atom stereocenters. The van der Waals surface area contributed by atoms with E-state index in [4.69, 9.17) is 4.52 Å². The highest BCUT2D eigenvalue weighted by Gasteiger charge is 2.26. The second kappa shape index (κ2) is 5.31. The number of halogens is 1. The zero-order valence-corrected chi connectivity index (χ0v) is 12.1. The van der Waals surface area contributed by atoms with Crippen LogP contribution in [0.3, 0.4) is 0 Å². The SMILES string of the molecule is Cc1ccc(NC(=O)c2noc3c2C[C@H](C)CC3)cc1F. The van der Waals surface area contributed by atoms with Gasteiger partial charge in [-0.3, -0.25) is 4.79 Å². The van der Waals surface area contributed by atoms with Gasteiger partial charge in [-0.15, -0.1) is 0 Å². The third kappa shape index (κ3) is 2.68. The Morgan fingerprint density at radius 1 is 1.48 bits per heavy atom. The molecular formula is C16H17FN2O2. The highest BCUT2D eigenvalue weighted by atomic mass is 19.1. The number of hydrogen-bond acceptors (Lipinski definition) is 3. The van der Waals surface area contributed by atoms with Crippen LogP contribution in [-0.4, -0.2) is 11.1 Å². The molecule has 0 fully saturated rings. The molecule has 3 rings (SSSR count). The van der Waals surface area contributed by atoms with E-state index < -0.39 is 0 Å². The average Bonchev–Trinajstić information content (AvgIpc) is 2.86. The third-order valence-corrected chi connectivity index (χ3v) is 3.93. The van der Waals surface area contributed by atoms with E-state index in [1.165, 1.54) is 6.07 Å². The van der Waals surface area contributed by atoms with Gasteiger partial charge in [-0.05, 0) is 43.4 Å². The summed E-state index contributed by atoms with van der Waals surface area (Å²) in [5.74, 6) is 0.620. The second-order valence-corrected chi connectivity index (χ2v) is 5.70. The van der Waals surface area contributed by atoms with E-state index in [2.05, 4.69) is 17.4 Å². The summed E-state index contributed by atoms with van der Waals surface area (Å²) in [4.78, 5) is 12.3. The lowest BCUT2D eigenvalue weighted by Gasteiger charge is -2.16. The fraction of sp³-hybridized carbons (Fsp3) is 0.375. The van der Waals surface area contributed by atoms with Crippen molar-refractivity contribution < 1.29 is 13.7 Å². The summed E-state index contributed by atoms with van der Waals surface area (Å²) in [6.45, 7) is 3.82. The number of nitrogens with zero attached hydrogens (tertiary/aromatic N) is 1. The molecule has 2 aromatic rings. The van der Waals surface area contributed by atoms with E-state index in [-0.39, 0.29) is 11.7 Å². The van der Waals surface area contributed by atoms with Crippen molar-refractivity contribution in [1.82, 2.24) is 5.16 Å². The topological polar surface area (TPSA) is 55.1 Å². The number of hydrogen-bond donors (Lipinski definition) is 1. The fourth-order valence-electron chi connectivity index (χ4n) is 2.62. The number of rotatable bonds is 2. The van der Waals surface area contributed by atoms with Crippen LogP contribution in [0.2, 0.25) is 0 Å². The number of carbonyl (C=O) groups excluding carboxylic acids is 1. The lowest BCUT2D eigenvalue weighted by Crippen LogP contribution is -2.18. The van der Waals surface area contributed by atoms with E-state index in [1.54, 1.807) is 19.1 Å². The molecule has 1 N–H and O–H groups in total. The number of benzene rings is 1. The summed E-state index contributed by atoms with van der Waals surface area (Å²) in [6, 6.07) is 4.61. The summed E-state index contributed by atoms with van der Waals surface area (Å²) < 4.78 is 18.8. The molecule has 21 heavy (non-hydrogen) atoms. The average molecular weight is 288 g/mol. The molecule has 1 heterocycles. The van der Waals surface area contributed by atoms with Crippen LogP contribution in [0.5, 0.6) is 0 Å². The molecule has 0 spiro atoms. The van der Waals surface area contributed by atoms with Crippen molar-refractivity contribution in [2.45, 2.75) is 33.1 Å². The van der Waals surface area contributed by atoms with Crippen LogP contribution in [0.25, 0.3) is 0 Å². The molecule has 1 aliphatic rings. The Bertz CT molecular complexity index is 694. The van der Waals surface area contributed by atoms with Crippen molar-refractivity contribution in [3.05, 3.63) is 46.6 Å². The van der Waals surface area contributed by atoms with Crippen molar-refractivity contribution >= 4 is 11.6 Å². The van der Waals surface area contributed by atoms with Gasteiger partial charge in [0, 0.05) is 17.7 Å². The van der Waals surface area contributed by atoms with Gasteiger partial charge >= 0.3 is 0 Å². The normalized spacial score (nSPS) is 17.4. The quantitative estimate of drug-likeness (QED) is 0.920. The minimum atomic E-state index is -0.350. The molecule has 0 radical (unpaired) electrons. The van der Waals surface area contributed by atoms with Crippen LogP contribution < -0.4 is 5.32 Å². The Morgan fingerprint density at radius 3 is 3.05 bits per heavy atom. The Morgan fingerprint density at radius 2 is 2.29 bits per heavy atom. The number of fused-ring (bicyclic) bond motifs is 1. The molecule has 0 saturated carbocycles. The van der Waals surface area contributed by atoms with Crippen LogP contribution in [0, 0.1) is 18.7 Å². The van der Waals surface area contributed by atoms with E-state index in [9.17, 15) is 9.18 Å². The first kappa shape index (κ1) is 13.8. The highest BCUT2D eigenvalue weighted by molar-refractivity contribution is 6.03.